The molecular weight excluding hydrogens is 276 g/mol. The van der Waals surface area contributed by atoms with Crippen LogP contribution in [0.25, 0.3) is 0 Å². The lowest BCUT2D eigenvalue weighted by Gasteiger charge is -2.32. The standard InChI is InChI=1S/C18H18N2O2/c21-17-13-20(12-15-9-5-2-6-10-15)18(22)16(19-17)11-14-7-3-1-4-8-14/h1-10,16H,11-13H2,(H,19,21)/t16-/m1/s1. The van der Waals surface area contributed by atoms with Gasteiger partial charge in [-0.05, 0) is 11.1 Å². The van der Waals surface area contributed by atoms with Crippen LogP contribution in [-0.2, 0) is 22.6 Å². The lowest BCUT2D eigenvalue weighted by Crippen LogP contribution is -2.58. The molecule has 2 amide bonds. The normalized spacial score (nSPS) is 18.2. The second kappa shape index (κ2) is 6.43. The third kappa shape index (κ3) is 3.34. The zero-order valence-electron chi connectivity index (χ0n) is 12.2. The molecule has 0 unspecified atom stereocenters. The predicted molar refractivity (Wildman–Crippen MR) is 83.9 cm³/mol. The van der Waals surface area contributed by atoms with E-state index in [2.05, 4.69) is 5.32 Å². The highest BCUT2D eigenvalue weighted by Crippen LogP contribution is 2.13. The number of nitrogens with one attached hydrogen (secondary N) is 1. The molecule has 0 radical (unpaired) electrons. The summed E-state index contributed by atoms with van der Waals surface area (Å²) < 4.78 is 0. The van der Waals surface area contributed by atoms with Crippen LogP contribution in [0.5, 0.6) is 0 Å². The van der Waals surface area contributed by atoms with Crippen LogP contribution in [0.3, 0.4) is 0 Å². The molecule has 1 aliphatic rings. The van der Waals surface area contributed by atoms with Gasteiger partial charge < -0.3 is 10.2 Å². The Labute approximate surface area is 129 Å². The van der Waals surface area contributed by atoms with Gasteiger partial charge in [0.15, 0.2) is 0 Å². The maximum Gasteiger partial charge on any atom is 0.246 e. The van der Waals surface area contributed by atoms with Gasteiger partial charge in [0.25, 0.3) is 0 Å². The number of hydrogen-bond donors (Lipinski definition) is 1. The van der Waals surface area contributed by atoms with Gasteiger partial charge in [-0.2, -0.15) is 0 Å². The van der Waals surface area contributed by atoms with Crippen molar-refractivity contribution in [2.45, 2.75) is 19.0 Å². The number of hydrogen-bond acceptors (Lipinski definition) is 2. The van der Waals surface area contributed by atoms with Crippen LogP contribution >= 0.6 is 0 Å². The zero-order valence-corrected chi connectivity index (χ0v) is 12.2. The first-order chi connectivity index (χ1) is 10.7. The number of nitrogens with zero attached hydrogens (tertiary/aromatic N) is 1. The largest absolute Gasteiger partial charge is 0.342 e. The fourth-order valence-electron chi connectivity index (χ4n) is 2.70. The summed E-state index contributed by atoms with van der Waals surface area (Å²) in [6, 6.07) is 19.0. The van der Waals surface area contributed by atoms with E-state index >= 15 is 0 Å². The topological polar surface area (TPSA) is 49.4 Å². The maximum atomic E-state index is 12.6. The lowest BCUT2D eigenvalue weighted by atomic mass is 10.0. The summed E-state index contributed by atoms with van der Waals surface area (Å²) in [5, 5.41) is 2.80. The van der Waals surface area contributed by atoms with Gasteiger partial charge in [0.2, 0.25) is 11.8 Å². The van der Waals surface area contributed by atoms with Gasteiger partial charge in [0, 0.05) is 13.0 Å². The molecule has 0 spiro atoms. The summed E-state index contributed by atoms with van der Waals surface area (Å²) in [6.07, 6.45) is 0.525. The summed E-state index contributed by atoms with van der Waals surface area (Å²) in [7, 11) is 0. The average molecular weight is 294 g/mol. The third-order valence-electron chi connectivity index (χ3n) is 3.78. The highest BCUT2D eigenvalue weighted by molar-refractivity contribution is 5.95. The van der Waals surface area contributed by atoms with Gasteiger partial charge in [0.05, 0.1) is 6.54 Å². The molecular formula is C18H18N2O2. The van der Waals surface area contributed by atoms with E-state index in [1.54, 1.807) is 4.90 Å². The molecule has 2 aromatic carbocycles. The van der Waals surface area contributed by atoms with Crippen molar-refractivity contribution in [1.29, 1.82) is 0 Å². The molecule has 1 aliphatic heterocycles. The summed E-state index contributed by atoms with van der Waals surface area (Å²) in [4.78, 5) is 26.1. The molecule has 4 nitrogen and oxygen atoms in total. The first-order valence-corrected chi connectivity index (χ1v) is 7.38. The van der Waals surface area contributed by atoms with Crippen molar-refractivity contribution >= 4 is 11.8 Å². The van der Waals surface area contributed by atoms with Crippen molar-refractivity contribution in [1.82, 2.24) is 10.2 Å². The number of piperazine rings is 1. The van der Waals surface area contributed by atoms with Crippen molar-refractivity contribution in [3.05, 3.63) is 71.8 Å². The third-order valence-corrected chi connectivity index (χ3v) is 3.78. The maximum absolute atomic E-state index is 12.6. The van der Waals surface area contributed by atoms with Crippen molar-refractivity contribution in [2.24, 2.45) is 0 Å². The predicted octanol–water partition coefficient (Wildman–Crippen LogP) is 1.76. The molecule has 0 aliphatic carbocycles. The van der Waals surface area contributed by atoms with Crippen LogP contribution in [0.15, 0.2) is 60.7 Å². The highest BCUT2D eigenvalue weighted by atomic mass is 16.2. The molecule has 1 saturated heterocycles. The minimum absolute atomic E-state index is 0.0210. The molecule has 0 bridgehead atoms. The summed E-state index contributed by atoms with van der Waals surface area (Å²) in [6.45, 7) is 0.595. The lowest BCUT2D eigenvalue weighted by molar-refractivity contribution is -0.144. The van der Waals surface area contributed by atoms with E-state index in [4.69, 9.17) is 0 Å². The molecule has 22 heavy (non-hydrogen) atoms. The van der Waals surface area contributed by atoms with Gasteiger partial charge in [-0.3, -0.25) is 9.59 Å². The molecule has 1 atom stereocenters. The fourth-order valence-corrected chi connectivity index (χ4v) is 2.70. The Morgan fingerprint density at radius 1 is 0.909 bits per heavy atom. The Balaban J connectivity index is 1.72. The first-order valence-electron chi connectivity index (χ1n) is 7.38. The number of amides is 2. The van der Waals surface area contributed by atoms with E-state index in [9.17, 15) is 9.59 Å². The Kier molecular flexibility index (Phi) is 4.19. The molecule has 1 N–H and O–H groups in total. The van der Waals surface area contributed by atoms with Gasteiger partial charge in [-0.25, -0.2) is 0 Å². The SMILES string of the molecule is O=C1CN(Cc2ccccc2)C(=O)[C@@H](Cc2ccccc2)N1. The zero-order chi connectivity index (χ0) is 15.4. The molecule has 0 saturated carbocycles. The van der Waals surface area contributed by atoms with E-state index in [1.807, 2.05) is 60.7 Å². The Morgan fingerprint density at radius 2 is 1.50 bits per heavy atom. The van der Waals surface area contributed by atoms with Crippen LogP contribution in [0.2, 0.25) is 0 Å². The minimum atomic E-state index is -0.479. The van der Waals surface area contributed by atoms with Crippen molar-refractivity contribution in [3.63, 3.8) is 0 Å². The average Bonchev–Trinajstić information content (AvgIpc) is 2.54. The molecule has 1 fully saturated rings. The monoisotopic (exact) mass is 294 g/mol. The van der Waals surface area contributed by atoms with Crippen LogP contribution in [0.1, 0.15) is 11.1 Å². The van der Waals surface area contributed by atoms with Crippen LogP contribution in [0.4, 0.5) is 0 Å². The Morgan fingerprint density at radius 3 is 2.14 bits per heavy atom. The molecule has 2 aromatic rings. The Bertz CT molecular complexity index is 600. The van der Waals surface area contributed by atoms with Crippen molar-refractivity contribution < 1.29 is 9.59 Å². The van der Waals surface area contributed by atoms with Crippen LogP contribution in [0, 0.1) is 0 Å². The fraction of sp³-hybridized carbons (Fsp3) is 0.222. The quantitative estimate of drug-likeness (QED) is 0.934. The summed E-state index contributed by atoms with van der Waals surface area (Å²) in [5.74, 6) is -0.122. The van der Waals surface area contributed by atoms with Gasteiger partial charge in [0.1, 0.15) is 6.04 Å². The number of carbonyl (C=O) groups is 2. The van der Waals surface area contributed by atoms with E-state index < -0.39 is 6.04 Å². The second-order valence-electron chi connectivity index (χ2n) is 5.49. The second-order valence-corrected chi connectivity index (χ2v) is 5.49. The van der Waals surface area contributed by atoms with Crippen molar-refractivity contribution in [2.75, 3.05) is 6.54 Å². The molecule has 3 rings (SSSR count). The number of carbonyl (C=O) groups excluding carboxylic acids is 2. The molecule has 0 aromatic heterocycles. The molecule has 4 heteroatoms. The van der Waals surface area contributed by atoms with Crippen LogP contribution in [-0.4, -0.2) is 29.3 Å². The van der Waals surface area contributed by atoms with Gasteiger partial charge in [-0.1, -0.05) is 60.7 Å². The molecule has 1 heterocycles. The number of benzene rings is 2. The van der Waals surface area contributed by atoms with E-state index in [1.165, 1.54) is 0 Å². The van der Waals surface area contributed by atoms with Gasteiger partial charge in [-0.15, -0.1) is 0 Å². The number of rotatable bonds is 4. The Hall–Kier alpha value is -2.62. The van der Waals surface area contributed by atoms with Crippen LogP contribution < -0.4 is 5.32 Å². The first kappa shape index (κ1) is 14.3. The van der Waals surface area contributed by atoms with E-state index in [-0.39, 0.29) is 18.4 Å². The van der Waals surface area contributed by atoms with Crippen molar-refractivity contribution in [3.8, 4) is 0 Å². The minimum Gasteiger partial charge on any atom is -0.342 e. The highest BCUT2D eigenvalue weighted by Gasteiger charge is 2.32. The summed E-state index contributed by atoms with van der Waals surface area (Å²) in [5.41, 5.74) is 2.08. The summed E-state index contributed by atoms with van der Waals surface area (Å²) >= 11 is 0. The molecule has 112 valence electrons. The van der Waals surface area contributed by atoms with E-state index in [0.717, 1.165) is 11.1 Å². The smallest absolute Gasteiger partial charge is 0.246 e. The van der Waals surface area contributed by atoms with Gasteiger partial charge >= 0.3 is 0 Å². The van der Waals surface area contributed by atoms with E-state index in [0.29, 0.717) is 13.0 Å².